The monoisotopic (exact) mass is 264 g/mol. The van der Waals surface area contributed by atoms with Gasteiger partial charge in [0.05, 0.1) is 4.92 Å². The van der Waals surface area contributed by atoms with Crippen LogP contribution in [0.1, 0.15) is 17.3 Å². The molecule has 19 heavy (non-hydrogen) atoms. The van der Waals surface area contributed by atoms with Crippen LogP contribution in [0.3, 0.4) is 0 Å². The number of nitrogens with zero attached hydrogens (tertiary/aromatic N) is 3. The second-order valence-corrected chi connectivity index (χ2v) is 3.77. The van der Waals surface area contributed by atoms with Crippen LogP contribution in [-0.4, -0.2) is 15.1 Å². The lowest BCUT2D eigenvalue weighted by Crippen LogP contribution is -2.02. The molecule has 0 saturated carbocycles. The number of nitrogens with two attached hydrogens (primary N) is 1. The number of aromatic nitrogens is 2. The Bertz CT molecular complexity index is 596. The first kappa shape index (κ1) is 13.0. The number of hydrogen-bond donors (Lipinski definition) is 1. The van der Waals surface area contributed by atoms with Crippen LogP contribution in [0.5, 0.6) is 5.75 Å². The van der Waals surface area contributed by atoms with Crippen LogP contribution < -0.4 is 10.5 Å². The van der Waals surface area contributed by atoms with Crippen molar-refractivity contribution in [1.82, 2.24) is 10.2 Å². The van der Waals surface area contributed by atoms with Gasteiger partial charge in [0.15, 0.2) is 12.4 Å². The van der Waals surface area contributed by atoms with Gasteiger partial charge in [0, 0.05) is 19.5 Å². The molecule has 0 aliphatic carbocycles. The smallest absolute Gasteiger partial charge is 0.310 e. The summed E-state index contributed by atoms with van der Waals surface area (Å²) in [7, 11) is 0. The summed E-state index contributed by atoms with van der Waals surface area (Å²) in [4.78, 5) is 10.4. The third-order valence-electron chi connectivity index (χ3n) is 2.38. The molecular formula is C11H12N4O4. The molecule has 2 N–H and O–H groups in total. The van der Waals surface area contributed by atoms with Gasteiger partial charge in [-0.15, -0.1) is 10.2 Å². The number of nitro benzene ring substituents is 1. The van der Waals surface area contributed by atoms with E-state index in [0.717, 1.165) is 5.56 Å². The maximum absolute atomic E-state index is 10.9. The largest absolute Gasteiger partial charge is 0.477 e. The van der Waals surface area contributed by atoms with Gasteiger partial charge in [-0.25, -0.2) is 0 Å². The van der Waals surface area contributed by atoms with Gasteiger partial charge in [0.25, 0.3) is 5.89 Å². The van der Waals surface area contributed by atoms with Crippen LogP contribution in [0.25, 0.3) is 0 Å². The van der Waals surface area contributed by atoms with Crippen LogP contribution in [-0.2, 0) is 13.2 Å². The summed E-state index contributed by atoms with van der Waals surface area (Å²) >= 11 is 0. The van der Waals surface area contributed by atoms with Crippen molar-refractivity contribution in [2.75, 3.05) is 0 Å². The molecule has 1 aromatic heterocycles. The molecule has 2 aromatic rings. The summed E-state index contributed by atoms with van der Waals surface area (Å²) in [5, 5.41) is 18.3. The topological polar surface area (TPSA) is 117 Å². The number of nitro groups is 1. The minimum absolute atomic E-state index is 0.0320. The fraction of sp³-hybridized carbons (Fsp3) is 0.273. The van der Waals surface area contributed by atoms with Crippen molar-refractivity contribution in [1.29, 1.82) is 0 Å². The van der Waals surface area contributed by atoms with E-state index in [-0.39, 0.29) is 30.5 Å². The number of benzene rings is 1. The molecule has 8 heteroatoms. The van der Waals surface area contributed by atoms with E-state index in [9.17, 15) is 10.1 Å². The fourth-order valence-corrected chi connectivity index (χ4v) is 1.49. The highest BCUT2D eigenvalue weighted by Crippen LogP contribution is 2.28. The second-order valence-electron chi connectivity index (χ2n) is 3.77. The van der Waals surface area contributed by atoms with Crippen molar-refractivity contribution in [2.24, 2.45) is 5.73 Å². The van der Waals surface area contributed by atoms with Crippen molar-refractivity contribution in [3.05, 3.63) is 45.7 Å². The molecule has 100 valence electrons. The Hall–Kier alpha value is -2.48. The summed E-state index contributed by atoms with van der Waals surface area (Å²) in [5.41, 5.74) is 6.10. The Morgan fingerprint density at radius 2 is 2.26 bits per heavy atom. The molecule has 8 nitrogen and oxygen atoms in total. The standard InChI is InChI=1S/C11H12N4O4/c1-7-13-14-11(19-7)6-18-10-4-8(5-12)2-3-9(10)15(16)17/h2-4H,5-6,12H2,1H3. The summed E-state index contributed by atoms with van der Waals surface area (Å²) in [6, 6.07) is 4.47. The molecule has 0 amide bonds. The Balaban J connectivity index is 2.19. The average Bonchev–Trinajstić information content (AvgIpc) is 2.81. The van der Waals surface area contributed by atoms with Crippen LogP contribution in [0.2, 0.25) is 0 Å². The number of aryl methyl sites for hydroxylation is 1. The first-order valence-corrected chi connectivity index (χ1v) is 5.49. The van der Waals surface area contributed by atoms with Gasteiger partial charge in [0.2, 0.25) is 5.89 Å². The van der Waals surface area contributed by atoms with Crippen LogP contribution in [0.4, 0.5) is 5.69 Å². The highest BCUT2D eigenvalue weighted by Gasteiger charge is 2.16. The van der Waals surface area contributed by atoms with E-state index >= 15 is 0 Å². The predicted octanol–water partition coefficient (Wildman–Crippen LogP) is 1.32. The summed E-state index contributed by atoms with van der Waals surface area (Å²) < 4.78 is 10.5. The van der Waals surface area contributed by atoms with E-state index in [1.165, 1.54) is 12.1 Å². The van der Waals surface area contributed by atoms with E-state index in [1.54, 1.807) is 13.0 Å². The van der Waals surface area contributed by atoms with Gasteiger partial charge in [-0.2, -0.15) is 0 Å². The van der Waals surface area contributed by atoms with Gasteiger partial charge in [-0.1, -0.05) is 6.07 Å². The van der Waals surface area contributed by atoms with E-state index in [0.29, 0.717) is 5.89 Å². The normalized spacial score (nSPS) is 10.4. The summed E-state index contributed by atoms with van der Waals surface area (Å²) in [6.45, 7) is 1.89. The van der Waals surface area contributed by atoms with Crippen LogP contribution in [0.15, 0.2) is 22.6 Å². The number of ether oxygens (including phenoxy) is 1. The average molecular weight is 264 g/mol. The van der Waals surface area contributed by atoms with Crippen molar-refractivity contribution < 1.29 is 14.1 Å². The zero-order valence-electron chi connectivity index (χ0n) is 10.2. The van der Waals surface area contributed by atoms with E-state index in [2.05, 4.69) is 10.2 Å². The van der Waals surface area contributed by atoms with Crippen LogP contribution >= 0.6 is 0 Å². The molecule has 0 aliphatic rings. The molecule has 0 aliphatic heterocycles. The molecule has 0 bridgehead atoms. The van der Waals surface area contributed by atoms with Crippen molar-refractivity contribution in [3.63, 3.8) is 0 Å². The Labute approximate surface area is 108 Å². The Kier molecular flexibility index (Phi) is 3.71. The maximum atomic E-state index is 10.9. The minimum atomic E-state index is -0.519. The summed E-state index contributed by atoms with van der Waals surface area (Å²) in [5.74, 6) is 0.789. The Morgan fingerprint density at radius 3 is 2.84 bits per heavy atom. The first-order valence-electron chi connectivity index (χ1n) is 5.49. The lowest BCUT2D eigenvalue weighted by molar-refractivity contribution is -0.386. The third kappa shape index (κ3) is 3.05. The fourth-order valence-electron chi connectivity index (χ4n) is 1.49. The molecular weight excluding hydrogens is 252 g/mol. The van der Waals surface area contributed by atoms with Gasteiger partial charge >= 0.3 is 5.69 Å². The van der Waals surface area contributed by atoms with E-state index in [1.807, 2.05) is 0 Å². The molecule has 0 fully saturated rings. The first-order chi connectivity index (χ1) is 9.10. The molecule has 1 aromatic carbocycles. The minimum Gasteiger partial charge on any atom is -0.477 e. The number of rotatable bonds is 5. The third-order valence-corrected chi connectivity index (χ3v) is 2.38. The van der Waals surface area contributed by atoms with Crippen molar-refractivity contribution >= 4 is 5.69 Å². The quantitative estimate of drug-likeness (QED) is 0.639. The van der Waals surface area contributed by atoms with Gasteiger partial charge < -0.3 is 14.9 Å². The number of hydrogen-bond acceptors (Lipinski definition) is 7. The zero-order valence-corrected chi connectivity index (χ0v) is 10.2. The maximum Gasteiger partial charge on any atom is 0.310 e. The molecule has 2 rings (SSSR count). The molecule has 1 heterocycles. The van der Waals surface area contributed by atoms with Gasteiger partial charge in [0.1, 0.15) is 0 Å². The lowest BCUT2D eigenvalue weighted by atomic mass is 10.2. The molecule has 0 radical (unpaired) electrons. The van der Waals surface area contributed by atoms with E-state index < -0.39 is 4.92 Å². The zero-order chi connectivity index (χ0) is 13.8. The predicted molar refractivity (Wildman–Crippen MR) is 64.4 cm³/mol. The van der Waals surface area contributed by atoms with Crippen molar-refractivity contribution in [2.45, 2.75) is 20.1 Å². The van der Waals surface area contributed by atoms with Crippen molar-refractivity contribution in [3.8, 4) is 5.75 Å². The van der Waals surface area contributed by atoms with E-state index in [4.69, 9.17) is 14.9 Å². The highest BCUT2D eigenvalue weighted by atomic mass is 16.6. The Morgan fingerprint density at radius 1 is 1.47 bits per heavy atom. The molecule has 0 saturated heterocycles. The highest BCUT2D eigenvalue weighted by molar-refractivity contribution is 5.48. The lowest BCUT2D eigenvalue weighted by Gasteiger charge is -2.06. The SMILES string of the molecule is Cc1nnc(COc2cc(CN)ccc2[N+](=O)[O-])o1. The summed E-state index contributed by atoms with van der Waals surface area (Å²) in [6.07, 6.45) is 0. The second kappa shape index (κ2) is 5.44. The van der Waals surface area contributed by atoms with Gasteiger partial charge in [-0.3, -0.25) is 10.1 Å². The van der Waals surface area contributed by atoms with Crippen LogP contribution in [0, 0.1) is 17.0 Å². The molecule has 0 unspecified atom stereocenters. The van der Waals surface area contributed by atoms with Gasteiger partial charge in [-0.05, 0) is 11.6 Å². The molecule has 0 atom stereocenters. The molecule has 0 spiro atoms.